The summed E-state index contributed by atoms with van der Waals surface area (Å²) in [6, 6.07) is 3.80. The molecule has 3 fully saturated rings. The molecule has 2 aliphatic heterocycles. The third kappa shape index (κ3) is 12.0. The lowest BCUT2D eigenvalue weighted by molar-refractivity contribution is -0.193. The number of unbranched alkanes of at least 4 members (excludes halogenated alkanes) is 12. The van der Waals surface area contributed by atoms with E-state index in [1.165, 1.54) is 64.2 Å². The molecule has 16 heteroatoms. The second kappa shape index (κ2) is 20.5. The van der Waals surface area contributed by atoms with Crippen molar-refractivity contribution in [1.82, 2.24) is 9.55 Å². The quantitative estimate of drug-likeness (QED) is 0.0341. The molecule has 0 spiro atoms. The zero-order valence-corrected chi connectivity index (χ0v) is 34.3. The normalized spacial score (nSPS) is 25.6. The number of nitrogens with one attached hydrogen (secondary N) is 1. The van der Waals surface area contributed by atoms with Crippen molar-refractivity contribution >= 4 is 53.6 Å². The van der Waals surface area contributed by atoms with Crippen LogP contribution in [0.1, 0.15) is 135 Å². The summed E-state index contributed by atoms with van der Waals surface area (Å²) in [6.07, 6.45) is 15.4. The second-order valence-corrected chi connectivity index (χ2v) is 18.8. The van der Waals surface area contributed by atoms with Gasteiger partial charge in [-0.2, -0.15) is 5.26 Å². The summed E-state index contributed by atoms with van der Waals surface area (Å²) >= 11 is 7.65. The van der Waals surface area contributed by atoms with Gasteiger partial charge < -0.3 is 33.7 Å². The van der Waals surface area contributed by atoms with Crippen molar-refractivity contribution in [1.29, 1.82) is 5.26 Å². The third-order valence-electron chi connectivity index (χ3n) is 10.3. The molecule has 2 N–H and O–H groups in total. The Hall–Kier alpha value is -1.95. The number of nitrogens with zero attached hydrogens (tertiary/aromatic N) is 3. The van der Waals surface area contributed by atoms with Crippen LogP contribution in [0.5, 0.6) is 0 Å². The summed E-state index contributed by atoms with van der Waals surface area (Å²) in [5, 5.41) is 13.8. The van der Waals surface area contributed by atoms with E-state index in [1.807, 2.05) is 13.8 Å². The van der Waals surface area contributed by atoms with Gasteiger partial charge in [0.2, 0.25) is 6.79 Å². The Bertz CT molecular complexity index is 1620. The van der Waals surface area contributed by atoms with Gasteiger partial charge >= 0.3 is 13.6 Å². The molecular formula is C38H57ClFN4O8PS. The molecular weight excluding hydrogens is 758 g/mol. The minimum atomic E-state index is -4.08. The third-order valence-corrected chi connectivity index (χ3v) is 13.6. The van der Waals surface area contributed by atoms with Crippen LogP contribution in [0, 0.1) is 11.3 Å². The van der Waals surface area contributed by atoms with E-state index >= 15 is 0 Å². The SMILES string of the molecule is CCCCCCCCCCCCCCCC(=O)OCOP(=O)(O)CSC[C@H]1O[C@@H](n2ccc3c(NC4CC(F)C4)c(C#N)c(Cl)nc32)[C@@H]2OC(C)(C)O[C@@H]21. The Morgan fingerprint density at radius 2 is 1.74 bits per heavy atom. The van der Waals surface area contributed by atoms with Gasteiger partial charge in [0.25, 0.3) is 0 Å². The number of rotatable bonds is 24. The number of halogens is 2. The Morgan fingerprint density at radius 1 is 1.11 bits per heavy atom. The maximum atomic E-state index is 13.6. The average Bonchev–Trinajstić information content (AvgIpc) is 3.76. The number of anilines is 1. The fourth-order valence-electron chi connectivity index (χ4n) is 7.34. The molecule has 0 bridgehead atoms. The molecule has 5 atom stereocenters. The average molecular weight is 815 g/mol. The number of carbonyl (C=O) groups excluding carboxylic acids is 1. The van der Waals surface area contributed by atoms with E-state index in [9.17, 15) is 23.9 Å². The molecule has 2 aromatic heterocycles. The topological polar surface area (TPSA) is 154 Å². The zero-order chi connectivity index (χ0) is 38.7. The summed E-state index contributed by atoms with van der Waals surface area (Å²) in [4.78, 5) is 27.1. The summed E-state index contributed by atoms with van der Waals surface area (Å²) in [6.45, 7) is 5.27. The van der Waals surface area contributed by atoms with Crippen molar-refractivity contribution in [3.05, 3.63) is 23.0 Å². The smallest absolute Gasteiger partial charge is 0.340 e. The first kappa shape index (κ1) is 43.2. The largest absolute Gasteiger partial charge is 0.438 e. The molecule has 0 amide bonds. The number of thioether (sulfide) groups is 1. The minimum absolute atomic E-state index is 0.0121. The fraction of sp³-hybridized carbons (Fsp3) is 0.763. The van der Waals surface area contributed by atoms with Crippen LogP contribution in [0.4, 0.5) is 10.1 Å². The predicted octanol–water partition coefficient (Wildman–Crippen LogP) is 9.77. The monoisotopic (exact) mass is 814 g/mol. The number of alkyl halides is 1. The molecule has 2 saturated heterocycles. The van der Waals surface area contributed by atoms with E-state index in [0.717, 1.165) is 31.0 Å². The van der Waals surface area contributed by atoms with Crippen LogP contribution < -0.4 is 5.32 Å². The first-order chi connectivity index (χ1) is 25.9. The number of esters is 1. The maximum absolute atomic E-state index is 13.6. The fourth-order valence-corrected chi connectivity index (χ4v) is 9.92. The van der Waals surface area contributed by atoms with Gasteiger partial charge in [0, 0.05) is 29.8 Å². The van der Waals surface area contributed by atoms with Gasteiger partial charge in [0.1, 0.15) is 35.7 Å². The molecule has 3 aliphatic rings. The highest BCUT2D eigenvalue weighted by molar-refractivity contribution is 8.04. The van der Waals surface area contributed by atoms with Crippen molar-refractivity contribution in [2.75, 3.05) is 23.4 Å². The van der Waals surface area contributed by atoms with Crippen molar-refractivity contribution in [3.63, 3.8) is 0 Å². The van der Waals surface area contributed by atoms with E-state index in [4.69, 9.17) is 35.1 Å². The molecule has 1 aliphatic carbocycles. The van der Waals surface area contributed by atoms with E-state index in [2.05, 4.69) is 23.3 Å². The molecule has 0 radical (unpaired) electrons. The van der Waals surface area contributed by atoms with E-state index in [0.29, 0.717) is 29.6 Å². The highest BCUT2D eigenvalue weighted by Gasteiger charge is 2.56. The molecule has 2 aromatic rings. The number of pyridine rings is 1. The van der Waals surface area contributed by atoms with Crippen molar-refractivity contribution in [3.8, 4) is 6.07 Å². The van der Waals surface area contributed by atoms with Gasteiger partial charge in [-0.15, -0.1) is 11.8 Å². The first-order valence-electron chi connectivity index (χ1n) is 19.6. The lowest BCUT2D eigenvalue weighted by Gasteiger charge is -2.31. The van der Waals surface area contributed by atoms with E-state index in [-0.39, 0.29) is 34.4 Å². The van der Waals surface area contributed by atoms with Crippen LogP contribution >= 0.6 is 31.0 Å². The predicted molar refractivity (Wildman–Crippen MR) is 208 cm³/mol. The number of carbonyl (C=O) groups is 1. The summed E-state index contributed by atoms with van der Waals surface area (Å²) < 4.78 is 57.3. The number of nitriles is 1. The highest BCUT2D eigenvalue weighted by Crippen LogP contribution is 2.49. The van der Waals surface area contributed by atoms with Crippen LogP contribution in [0.25, 0.3) is 11.0 Å². The van der Waals surface area contributed by atoms with Crippen molar-refractivity contribution in [2.45, 2.75) is 166 Å². The Morgan fingerprint density at radius 3 is 2.37 bits per heavy atom. The van der Waals surface area contributed by atoms with Gasteiger partial charge in [-0.05, 0) is 39.2 Å². The van der Waals surface area contributed by atoms with Gasteiger partial charge in [0.15, 0.2) is 17.2 Å². The Labute approximate surface area is 328 Å². The number of hydrogen-bond acceptors (Lipinski definition) is 11. The van der Waals surface area contributed by atoms with E-state index < -0.39 is 56.9 Å². The zero-order valence-electron chi connectivity index (χ0n) is 31.8. The summed E-state index contributed by atoms with van der Waals surface area (Å²) in [5.74, 6) is -1.07. The molecule has 0 aromatic carbocycles. The van der Waals surface area contributed by atoms with Crippen LogP contribution in [0.3, 0.4) is 0 Å². The molecule has 4 heterocycles. The lowest BCUT2D eigenvalue weighted by atomic mass is 9.90. The van der Waals surface area contributed by atoms with Crippen LogP contribution in [0.2, 0.25) is 5.15 Å². The van der Waals surface area contributed by atoms with Crippen LogP contribution in [-0.4, -0.2) is 74.8 Å². The first-order valence-corrected chi connectivity index (χ1v) is 22.9. The van der Waals surface area contributed by atoms with Gasteiger partial charge in [-0.25, -0.2) is 9.37 Å². The maximum Gasteiger partial charge on any atom is 0.340 e. The second-order valence-electron chi connectivity index (χ2n) is 15.2. The van der Waals surface area contributed by atoms with Crippen LogP contribution in [-0.2, 0) is 32.8 Å². The molecule has 302 valence electrons. The van der Waals surface area contributed by atoms with Gasteiger partial charge in [0.05, 0.1) is 17.3 Å². The molecule has 1 unspecified atom stereocenters. The molecule has 12 nitrogen and oxygen atoms in total. The number of aromatic nitrogens is 2. The minimum Gasteiger partial charge on any atom is -0.438 e. The summed E-state index contributed by atoms with van der Waals surface area (Å²) in [5.41, 5.74) is 0.898. The number of ether oxygens (including phenoxy) is 4. The van der Waals surface area contributed by atoms with Crippen molar-refractivity contribution < 1.29 is 42.1 Å². The Kier molecular flexibility index (Phi) is 16.4. The van der Waals surface area contributed by atoms with Crippen LogP contribution in [0.15, 0.2) is 12.3 Å². The van der Waals surface area contributed by atoms with E-state index in [1.54, 1.807) is 16.8 Å². The lowest BCUT2D eigenvalue weighted by Crippen LogP contribution is -2.36. The molecule has 54 heavy (non-hydrogen) atoms. The van der Waals surface area contributed by atoms with Crippen molar-refractivity contribution in [2.24, 2.45) is 0 Å². The number of hydrogen-bond donors (Lipinski definition) is 2. The number of fused-ring (bicyclic) bond motifs is 2. The molecule has 5 rings (SSSR count). The highest BCUT2D eigenvalue weighted by atomic mass is 35.5. The standard InChI is InChI=1S/C38H57ClFN4O8PS/c1-4-5-6-7-8-9-10-11-12-13-14-15-16-17-31(45)48-24-49-53(46,47)25-54-23-30-33-34(52-38(2,3)51-33)37(50-30)44-19-18-28-32(42-27-20-26(40)21-27)29(22-41)35(39)43-36(28)44/h18-19,26-27,30,33-34,37H,4-17,20-21,23-25H2,1-3H3,(H,42,43)(H,46,47)/t26?,27?,30-,33-,34-,37-/m1/s1. The van der Waals surface area contributed by atoms with Gasteiger partial charge in [-0.1, -0.05) is 95.6 Å². The Balaban J connectivity index is 1.03. The molecule has 1 saturated carbocycles. The van der Waals surface area contributed by atoms with Gasteiger partial charge in [-0.3, -0.25) is 13.9 Å². The summed E-state index contributed by atoms with van der Waals surface area (Å²) in [7, 11) is -4.08.